The zero-order valence-electron chi connectivity index (χ0n) is 17.5. The van der Waals surface area contributed by atoms with Gasteiger partial charge in [0.1, 0.15) is 0 Å². The van der Waals surface area contributed by atoms with Crippen molar-refractivity contribution < 1.29 is 17.9 Å². The maximum Gasteiger partial charge on any atom is 0.243 e. The van der Waals surface area contributed by atoms with E-state index in [9.17, 15) is 13.2 Å². The van der Waals surface area contributed by atoms with Crippen LogP contribution in [0.25, 0.3) is 0 Å². The highest BCUT2D eigenvalue weighted by Gasteiger charge is 2.43. The van der Waals surface area contributed by atoms with E-state index >= 15 is 0 Å². The van der Waals surface area contributed by atoms with Crippen molar-refractivity contribution in [2.24, 2.45) is 5.92 Å². The van der Waals surface area contributed by atoms with Crippen LogP contribution >= 0.6 is 0 Å². The Labute approximate surface area is 174 Å². The number of aryl methyl sites for hydroxylation is 2. The summed E-state index contributed by atoms with van der Waals surface area (Å²) in [5.41, 5.74) is 2.19. The molecule has 1 spiro atoms. The second-order valence-corrected chi connectivity index (χ2v) is 11.0. The van der Waals surface area contributed by atoms with Gasteiger partial charge in [-0.2, -0.15) is 4.31 Å². The molecule has 3 aliphatic rings. The van der Waals surface area contributed by atoms with E-state index in [4.69, 9.17) is 4.74 Å². The van der Waals surface area contributed by atoms with Gasteiger partial charge in [0.05, 0.1) is 10.5 Å². The van der Waals surface area contributed by atoms with Crippen LogP contribution in [0.4, 0.5) is 0 Å². The molecular formula is C22H32N2O4S. The zero-order valence-corrected chi connectivity index (χ0v) is 18.3. The largest absolute Gasteiger partial charge is 0.375 e. The lowest BCUT2D eigenvalue weighted by Crippen LogP contribution is -2.51. The van der Waals surface area contributed by atoms with E-state index in [2.05, 4.69) is 0 Å². The minimum atomic E-state index is -3.47. The number of nitrogens with zero attached hydrogens (tertiary/aromatic N) is 2. The number of rotatable bonds is 4. The molecule has 1 amide bonds. The Bertz CT molecular complexity index is 873. The molecule has 1 atom stereocenters. The Balaban J connectivity index is 1.41. The first kappa shape index (κ1) is 20.8. The van der Waals surface area contributed by atoms with Crippen LogP contribution in [0.2, 0.25) is 0 Å². The molecule has 1 aromatic carbocycles. The van der Waals surface area contributed by atoms with E-state index in [0.717, 1.165) is 32.1 Å². The smallest absolute Gasteiger partial charge is 0.243 e. The van der Waals surface area contributed by atoms with Crippen LogP contribution in [0.3, 0.4) is 0 Å². The van der Waals surface area contributed by atoms with E-state index in [-0.39, 0.29) is 11.5 Å². The molecule has 1 aromatic rings. The van der Waals surface area contributed by atoms with E-state index in [1.165, 1.54) is 11.1 Å². The number of carbonyl (C=O) groups excluding carboxylic acids is 1. The molecule has 2 saturated heterocycles. The molecule has 0 aromatic heterocycles. The quantitative estimate of drug-likeness (QED) is 0.751. The summed E-state index contributed by atoms with van der Waals surface area (Å²) < 4.78 is 34.1. The molecule has 7 heteroatoms. The molecule has 1 unspecified atom stereocenters. The first-order valence-corrected chi connectivity index (χ1v) is 12.2. The summed E-state index contributed by atoms with van der Waals surface area (Å²) >= 11 is 0. The third-order valence-corrected chi connectivity index (χ3v) is 8.79. The molecule has 29 heavy (non-hydrogen) atoms. The Morgan fingerprint density at radius 1 is 1.21 bits per heavy atom. The summed E-state index contributed by atoms with van der Waals surface area (Å²) in [5.74, 6) is 0.474. The maximum absolute atomic E-state index is 13.2. The summed E-state index contributed by atoms with van der Waals surface area (Å²) in [7, 11) is 0.117. The number of sulfonamides is 1. The number of carbonyl (C=O) groups is 1. The second-order valence-electron chi connectivity index (χ2n) is 9.07. The van der Waals surface area contributed by atoms with Crippen LogP contribution in [0.5, 0.6) is 0 Å². The molecule has 160 valence electrons. The van der Waals surface area contributed by atoms with Crippen molar-refractivity contribution in [3.05, 3.63) is 29.3 Å². The lowest BCUT2D eigenvalue weighted by molar-refractivity contribution is -0.138. The van der Waals surface area contributed by atoms with Gasteiger partial charge < -0.3 is 9.64 Å². The van der Waals surface area contributed by atoms with Gasteiger partial charge in [-0.15, -0.1) is 0 Å². The number of ether oxygens (including phenoxy) is 1. The molecule has 2 aliphatic heterocycles. The number of hydrogen-bond acceptors (Lipinski definition) is 4. The van der Waals surface area contributed by atoms with Gasteiger partial charge in [0.2, 0.25) is 15.9 Å². The molecular weight excluding hydrogens is 388 g/mol. The number of amides is 1. The van der Waals surface area contributed by atoms with Gasteiger partial charge >= 0.3 is 0 Å². The molecule has 2 fully saturated rings. The fraction of sp³-hybridized carbons (Fsp3) is 0.682. The standard InChI is InChI=1S/C22H32N2O4S/c1-23(2)21(25)14-17-8-13-28-22(16-17)9-11-24(12-10-22)29(26,27)20-7-6-18-4-3-5-19(18)15-20/h6-7,15,17H,3-5,8-14,16H2,1-2H3. The topological polar surface area (TPSA) is 66.9 Å². The van der Waals surface area contributed by atoms with Gasteiger partial charge in [-0.3, -0.25) is 4.79 Å². The van der Waals surface area contributed by atoms with Crippen molar-refractivity contribution in [2.75, 3.05) is 33.8 Å². The lowest BCUT2D eigenvalue weighted by atomic mass is 9.78. The van der Waals surface area contributed by atoms with E-state index in [1.54, 1.807) is 29.4 Å². The van der Waals surface area contributed by atoms with Gasteiger partial charge in [0.15, 0.2) is 0 Å². The maximum atomic E-state index is 13.2. The van der Waals surface area contributed by atoms with Crippen LogP contribution < -0.4 is 0 Å². The van der Waals surface area contributed by atoms with Gasteiger partial charge in [0.25, 0.3) is 0 Å². The molecule has 6 nitrogen and oxygen atoms in total. The van der Waals surface area contributed by atoms with Gasteiger partial charge in [-0.1, -0.05) is 6.07 Å². The summed E-state index contributed by atoms with van der Waals surface area (Å²) in [6, 6.07) is 5.63. The van der Waals surface area contributed by atoms with Crippen molar-refractivity contribution in [1.82, 2.24) is 9.21 Å². The molecule has 0 bridgehead atoms. The monoisotopic (exact) mass is 420 g/mol. The molecule has 0 N–H and O–H groups in total. The third-order valence-electron chi connectivity index (χ3n) is 6.90. The van der Waals surface area contributed by atoms with Gasteiger partial charge in [-0.05, 0) is 74.1 Å². The Morgan fingerprint density at radius 3 is 2.66 bits per heavy atom. The van der Waals surface area contributed by atoms with Crippen LogP contribution in [0.15, 0.2) is 23.1 Å². The average molecular weight is 421 g/mol. The number of benzene rings is 1. The van der Waals surface area contributed by atoms with Gasteiger partial charge in [-0.25, -0.2) is 8.42 Å². The van der Waals surface area contributed by atoms with Crippen LogP contribution in [0.1, 0.15) is 49.7 Å². The predicted octanol–water partition coefficient (Wildman–Crippen LogP) is 2.60. The van der Waals surface area contributed by atoms with E-state index in [0.29, 0.717) is 49.8 Å². The minimum Gasteiger partial charge on any atom is -0.375 e. The van der Waals surface area contributed by atoms with Crippen LogP contribution in [-0.4, -0.2) is 62.9 Å². The fourth-order valence-electron chi connectivity index (χ4n) is 5.07. The third kappa shape index (κ3) is 4.23. The Hall–Kier alpha value is -1.44. The number of fused-ring (bicyclic) bond motifs is 1. The first-order chi connectivity index (χ1) is 13.8. The highest BCUT2D eigenvalue weighted by molar-refractivity contribution is 7.89. The van der Waals surface area contributed by atoms with E-state index < -0.39 is 10.0 Å². The summed E-state index contributed by atoms with van der Waals surface area (Å²) in [6.07, 6.45) is 6.83. The van der Waals surface area contributed by atoms with Crippen LogP contribution in [0, 0.1) is 5.92 Å². The molecule has 2 heterocycles. The summed E-state index contributed by atoms with van der Waals surface area (Å²) in [6.45, 7) is 1.62. The SMILES string of the molecule is CN(C)C(=O)CC1CCOC2(CCN(S(=O)(=O)c3ccc4c(c3)CCC4)CC2)C1. The average Bonchev–Trinajstić information content (AvgIpc) is 3.16. The highest BCUT2D eigenvalue weighted by atomic mass is 32.2. The Kier molecular flexibility index (Phi) is 5.75. The molecule has 0 saturated carbocycles. The van der Waals surface area contributed by atoms with Crippen molar-refractivity contribution in [3.63, 3.8) is 0 Å². The van der Waals surface area contributed by atoms with Crippen LogP contribution in [-0.2, 0) is 32.4 Å². The van der Waals surface area contributed by atoms with Gasteiger partial charge in [0, 0.05) is 40.2 Å². The van der Waals surface area contributed by atoms with Crippen molar-refractivity contribution in [3.8, 4) is 0 Å². The number of piperidine rings is 1. The fourth-order valence-corrected chi connectivity index (χ4v) is 6.57. The summed E-state index contributed by atoms with van der Waals surface area (Å²) in [4.78, 5) is 14.2. The van der Waals surface area contributed by atoms with Crippen molar-refractivity contribution in [1.29, 1.82) is 0 Å². The molecule has 4 rings (SSSR count). The lowest BCUT2D eigenvalue weighted by Gasteiger charge is -2.45. The second kappa shape index (κ2) is 8.00. The first-order valence-electron chi connectivity index (χ1n) is 10.8. The zero-order chi connectivity index (χ0) is 20.6. The van der Waals surface area contributed by atoms with E-state index in [1.807, 2.05) is 12.1 Å². The molecule has 1 aliphatic carbocycles. The number of hydrogen-bond donors (Lipinski definition) is 0. The van der Waals surface area contributed by atoms with Crippen molar-refractivity contribution in [2.45, 2.75) is 61.9 Å². The minimum absolute atomic E-state index is 0.156. The Morgan fingerprint density at radius 2 is 1.93 bits per heavy atom. The van der Waals surface area contributed by atoms with Crippen molar-refractivity contribution >= 4 is 15.9 Å². The predicted molar refractivity (Wildman–Crippen MR) is 111 cm³/mol. The highest BCUT2D eigenvalue weighted by Crippen LogP contribution is 2.40. The molecule has 0 radical (unpaired) electrons. The normalized spacial score (nSPS) is 24.4. The summed E-state index contributed by atoms with van der Waals surface area (Å²) in [5, 5.41) is 0.